The van der Waals surface area contributed by atoms with E-state index in [1.807, 2.05) is 44.2 Å². The first kappa shape index (κ1) is 12.3. The van der Waals surface area contributed by atoms with Crippen molar-refractivity contribution in [2.24, 2.45) is 0 Å². The fourth-order valence-corrected chi connectivity index (χ4v) is 3.73. The molecule has 3 aromatic rings. The summed E-state index contributed by atoms with van der Waals surface area (Å²) in [4.78, 5) is 18.8. The van der Waals surface area contributed by atoms with Gasteiger partial charge in [0.25, 0.3) is 5.91 Å². The molecule has 0 unspecified atom stereocenters. The molecule has 0 bridgehead atoms. The van der Waals surface area contributed by atoms with Crippen molar-refractivity contribution in [2.45, 2.75) is 13.8 Å². The molecule has 1 N–H and O–H groups in total. The van der Waals surface area contributed by atoms with Crippen LogP contribution in [0.1, 0.15) is 20.1 Å². The van der Waals surface area contributed by atoms with Crippen molar-refractivity contribution in [2.75, 3.05) is 5.32 Å². The molecule has 0 saturated carbocycles. The first-order chi connectivity index (χ1) is 9.13. The Bertz CT molecular complexity index is 725. The normalized spacial score (nSPS) is 10.8. The lowest BCUT2D eigenvalue weighted by Gasteiger charge is -1.99. The molecule has 2 aromatic heterocycles. The Balaban J connectivity index is 1.88. The van der Waals surface area contributed by atoms with Crippen molar-refractivity contribution in [3.63, 3.8) is 0 Å². The fourth-order valence-electron chi connectivity index (χ4n) is 1.95. The van der Waals surface area contributed by atoms with Crippen molar-refractivity contribution in [3.8, 4) is 0 Å². The van der Waals surface area contributed by atoms with E-state index in [9.17, 15) is 4.79 Å². The molecule has 3 rings (SSSR count). The summed E-state index contributed by atoms with van der Waals surface area (Å²) in [5.41, 5.74) is 1.66. The first-order valence-electron chi connectivity index (χ1n) is 5.87. The minimum Gasteiger partial charge on any atom is -0.298 e. The van der Waals surface area contributed by atoms with Crippen LogP contribution < -0.4 is 5.32 Å². The summed E-state index contributed by atoms with van der Waals surface area (Å²) >= 11 is 3.13. The van der Waals surface area contributed by atoms with Crippen LogP contribution in [0, 0.1) is 13.8 Å². The van der Waals surface area contributed by atoms with Gasteiger partial charge in [0.05, 0.1) is 15.8 Å². The van der Waals surface area contributed by atoms with Gasteiger partial charge in [-0.3, -0.25) is 10.1 Å². The summed E-state index contributed by atoms with van der Waals surface area (Å²) in [6.45, 7) is 3.97. The van der Waals surface area contributed by atoms with Crippen LogP contribution in [0.2, 0.25) is 0 Å². The van der Waals surface area contributed by atoms with Gasteiger partial charge in [0.15, 0.2) is 5.13 Å². The van der Waals surface area contributed by atoms with Crippen molar-refractivity contribution < 1.29 is 4.79 Å². The predicted molar refractivity (Wildman–Crippen MR) is 81.4 cm³/mol. The number of benzene rings is 1. The SMILES string of the molecule is Cc1cc(C(=O)Nc2nc3ccccc3s2)c(C)s1. The highest BCUT2D eigenvalue weighted by atomic mass is 32.1. The van der Waals surface area contributed by atoms with Crippen LogP contribution in [0.5, 0.6) is 0 Å². The Hall–Kier alpha value is -1.72. The average Bonchev–Trinajstić information content (AvgIpc) is 2.91. The zero-order chi connectivity index (χ0) is 13.4. The maximum Gasteiger partial charge on any atom is 0.258 e. The summed E-state index contributed by atoms with van der Waals surface area (Å²) in [5.74, 6) is -0.0825. The molecule has 3 nitrogen and oxygen atoms in total. The van der Waals surface area contributed by atoms with E-state index in [1.54, 1.807) is 11.3 Å². The highest BCUT2D eigenvalue weighted by molar-refractivity contribution is 7.22. The Morgan fingerprint density at radius 1 is 1.21 bits per heavy atom. The topological polar surface area (TPSA) is 42.0 Å². The number of carbonyl (C=O) groups excluding carboxylic acids is 1. The Morgan fingerprint density at radius 3 is 2.68 bits per heavy atom. The lowest BCUT2D eigenvalue weighted by molar-refractivity contribution is 0.102. The molecule has 0 spiro atoms. The number of thiophene rings is 1. The molecule has 1 aromatic carbocycles. The number of fused-ring (bicyclic) bond motifs is 1. The van der Waals surface area contributed by atoms with Crippen molar-refractivity contribution in [3.05, 3.63) is 45.6 Å². The number of anilines is 1. The third-order valence-electron chi connectivity index (χ3n) is 2.80. The molecule has 5 heteroatoms. The van der Waals surface area contributed by atoms with Gasteiger partial charge < -0.3 is 0 Å². The van der Waals surface area contributed by atoms with E-state index in [0.29, 0.717) is 5.13 Å². The van der Waals surface area contributed by atoms with E-state index in [1.165, 1.54) is 11.3 Å². The average molecular weight is 288 g/mol. The second kappa shape index (κ2) is 4.75. The summed E-state index contributed by atoms with van der Waals surface area (Å²) in [5, 5.41) is 3.52. The number of nitrogens with one attached hydrogen (secondary N) is 1. The van der Waals surface area contributed by atoms with Crippen LogP contribution in [0.15, 0.2) is 30.3 Å². The number of para-hydroxylation sites is 1. The Labute approximate surface area is 118 Å². The number of hydrogen-bond acceptors (Lipinski definition) is 4. The lowest BCUT2D eigenvalue weighted by atomic mass is 10.2. The van der Waals surface area contributed by atoms with Gasteiger partial charge in [-0.25, -0.2) is 4.98 Å². The van der Waals surface area contributed by atoms with E-state index in [4.69, 9.17) is 0 Å². The Morgan fingerprint density at radius 2 is 2.00 bits per heavy atom. The molecule has 1 amide bonds. The summed E-state index contributed by atoms with van der Waals surface area (Å²) in [7, 11) is 0. The number of aryl methyl sites for hydroxylation is 2. The number of hydrogen-bond donors (Lipinski definition) is 1. The minimum absolute atomic E-state index is 0.0825. The van der Waals surface area contributed by atoms with Crippen molar-refractivity contribution >= 4 is 43.9 Å². The number of rotatable bonds is 2. The van der Waals surface area contributed by atoms with E-state index in [2.05, 4.69) is 10.3 Å². The van der Waals surface area contributed by atoms with E-state index >= 15 is 0 Å². The van der Waals surface area contributed by atoms with E-state index in [0.717, 1.165) is 25.5 Å². The van der Waals surface area contributed by atoms with Gasteiger partial charge in [-0.15, -0.1) is 11.3 Å². The smallest absolute Gasteiger partial charge is 0.258 e. The van der Waals surface area contributed by atoms with Crippen LogP contribution in [-0.2, 0) is 0 Å². The van der Waals surface area contributed by atoms with E-state index < -0.39 is 0 Å². The van der Waals surface area contributed by atoms with Gasteiger partial charge in [0.1, 0.15) is 0 Å². The van der Waals surface area contributed by atoms with Gasteiger partial charge in [-0.1, -0.05) is 23.5 Å². The summed E-state index contributed by atoms with van der Waals surface area (Å²) in [6, 6.07) is 9.78. The highest BCUT2D eigenvalue weighted by Gasteiger charge is 2.13. The summed E-state index contributed by atoms with van der Waals surface area (Å²) in [6.07, 6.45) is 0. The van der Waals surface area contributed by atoms with Gasteiger partial charge in [-0.2, -0.15) is 0 Å². The zero-order valence-electron chi connectivity index (χ0n) is 10.6. The standard InChI is InChI=1S/C14H12N2OS2/c1-8-7-10(9(2)18-8)13(17)16-14-15-11-5-3-4-6-12(11)19-14/h3-7H,1-2H3,(H,15,16,17). The summed E-state index contributed by atoms with van der Waals surface area (Å²) < 4.78 is 1.08. The number of thiazole rings is 1. The third kappa shape index (κ3) is 2.39. The van der Waals surface area contributed by atoms with Gasteiger partial charge >= 0.3 is 0 Å². The predicted octanol–water partition coefficient (Wildman–Crippen LogP) is 4.23. The van der Waals surface area contributed by atoms with Crippen LogP contribution in [-0.4, -0.2) is 10.9 Å². The first-order valence-corrected chi connectivity index (χ1v) is 7.51. The fraction of sp³-hybridized carbons (Fsp3) is 0.143. The molecular formula is C14H12N2OS2. The maximum absolute atomic E-state index is 12.2. The quantitative estimate of drug-likeness (QED) is 0.767. The molecule has 0 radical (unpaired) electrons. The molecule has 0 aliphatic heterocycles. The minimum atomic E-state index is -0.0825. The van der Waals surface area contributed by atoms with Gasteiger partial charge in [0.2, 0.25) is 0 Å². The number of nitrogens with zero attached hydrogens (tertiary/aromatic N) is 1. The van der Waals surface area contributed by atoms with Crippen LogP contribution in [0.3, 0.4) is 0 Å². The zero-order valence-corrected chi connectivity index (χ0v) is 12.2. The second-order valence-corrected chi connectivity index (χ2v) is 6.76. The number of amides is 1. The highest BCUT2D eigenvalue weighted by Crippen LogP contribution is 2.27. The molecule has 0 aliphatic rings. The van der Waals surface area contributed by atoms with Crippen LogP contribution in [0.25, 0.3) is 10.2 Å². The lowest BCUT2D eigenvalue weighted by Crippen LogP contribution is -2.11. The van der Waals surface area contributed by atoms with Gasteiger partial charge in [-0.05, 0) is 32.0 Å². The monoisotopic (exact) mass is 288 g/mol. The van der Waals surface area contributed by atoms with E-state index in [-0.39, 0.29) is 5.91 Å². The molecule has 0 fully saturated rings. The van der Waals surface area contributed by atoms with Crippen LogP contribution >= 0.6 is 22.7 Å². The number of aromatic nitrogens is 1. The molecule has 19 heavy (non-hydrogen) atoms. The van der Waals surface area contributed by atoms with Crippen LogP contribution in [0.4, 0.5) is 5.13 Å². The third-order valence-corrected chi connectivity index (χ3v) is 4.72. The maximum atomic E-state index is 12.2. The molecule has 0 atom stereocenters. The Kier molecular flexibility index (Phi) is 3.08. The van der Waals surface area contributed by atoms with Crippen molar-refractivity contribution in [1.82, 2.24) is 4.98 Å². The van der Waals surface area contributed by atoms with Gasteiger partial charge in [0, 0.05) is 9.75 Å². The molecule has 96 valence electrons. The molecular weight excluding hydrogens is 276 g/mol. The molecule has 2 heterocycles. The second-order valence-electron chi connectivity index (χ2n) is 4.27. The largest absolute Gasteiger partial charge is 0.298 e. The number of carbonyl (C=O) groups is 1. The molecule has 0 saturated heterocycles. The molecule has 0 aliphatic carbocycles. The van der Waals surface area contributed by atoms with Crippen molar-refractivity contribution in [1.29, 1.82) is 0 Å².